The molecule has 1 aromatic heterocycles. The van der Waals surface area contributed by atoms with Gasteiger partial charge in [0, 0.05) is 36.8 Å². The number of para-hydroxylation sites is 1. The summed E-state index contributed by atoms with van der Waals surface area (Å²) < 4.78 is 0. The van der Waals surface area contributed by atoms with E-state index in [1.54, 1.807) is 0 Å². The SMILES string of the molecule is OCC1CCN(CCc2c[nH]c3ccccc23)C1. The summed E-state index contributed by atoms with van der Waals surface area (Å²) in [6.45, 7) is 3.62. The number of aliphatic hydroxyl groups excluding tert-OH is 1. The summed E-state index contributed by atoms with van der Waals surface area (Å²) in [7, 11) is 0. The Morgan fingerprint density at radius 1 is 1.33 bits per heavy atom. The van der Waals surface area contributed by atoms with Crippen LogP contribution in [0.25, 0.3) is 10.9 Å². The molecular weight excluding hydrogens is 224 g/mol. The van der Waals surface area contributed by atoms with Crippen LogP contribution in [0, 0.1) is 5.92 Å². The van der Waals surface area contributed by atoms with Crippen LogP contribution in [0.1, 0.15) is 12.0 Å². The summed E-state index contributed by atoms with van der Waals surface area (Å²) in [6, 6.07) is 8.46. The third-order valence-corrected chi connectivity index (χ3v) is 4.00. The highest BCUT2D eigenvalue weighted by atomic mass is 16.3. The van der Waals surface area contributed by atoms with Gasteiger partial charge >= 0.3 is 0 Å². The molecule has 1 atom stereocenters. The molecule has 1 unspecified atom stereocenters. The van der Waals surface area contributed by atoms with Crippen LogP contribution in [0.15, 0.2) is 30.5 Å². The number of aromatic amines is 1. The molecule has 0 amide bonds. The van der Waals surface area contributed by atoms with Gasteiger partial charge in [0.2, 0.25) is 0 Å². The Morgan fingerprint density at radius 2 is 2.22 bits per heavy atom. The molecule has 0 spiro atoms. The molecular formula is C15H20N2O. The Hall–Kier alpha value is -1.32. The van der Waals surface area contributed by atoms with E-state index in [0.29, 0.717) is 12.5 Å². The van der Waals surface area contributed by atoms with Gasteiger partial charge in [0.25, 0.3) is 0 Å². The number of aliphatic hydroxyl groups is 1. The Balaban J connectivity index is 1.63. The standard InChI is InChI=1S/C15H20N2O/c18-11-12-5-7-17(10-12)8-6-13-9-16-15-4-2-1-3-14(13)15/h1-4,9,12,16,18H,5-8,10-11H2. The predicted octanol–water partition coefficient (Wildman–Crippen LogP) is 2.02. The molecule has 1 aromatic carbocycles. The Bertz CT molecular complexity index is 520. The maximum Gasteiger partial charge on any atom is 0.0471 e. The van der Waals surface area contributed by atoms with Crippen molar-refractivity contribution < 1.29 is 5.11 Å². The minimum atomic E-state index is 0.337. The highest BCUT2D eigenvalue weighted by molar-refractivity contribution is 5.83. The summed E-state index contributed by atoms with van der Waals surface area (Å²) in [4.78, 5) is 5.79. The lowest BCUT2D eigenvalue weighted by Gasteiger charge is -2.14. The van der Waals surface area contributed by atoms with Crippen LogP contribution in [0.3, 0.4) is 0 Å². The summed E-state index contributed by atoms with van der Waals surface area (Å²) in [6.07, 6.45) is 4.36. The fourth-order valence-corrected chi connectivity index (χ4v) is 2.88. The van der Waals surface area contributed by atoms with Gasteiger partial charge in [-0.05, 0) is 36.9 Å². The second-order valence-corrected chi connectivity index (χ2v) is 5.25. The molecule has 96 valence electrons. The second kappa shape index (κ2) is 5.12. The topological polar surface area (TPSA) is 39.3 Å². The fraction of sp³-hybridized carbons (Fsp3) is 0.467. The van der Waals surface area contributed by atoms with Crippen LogP contribution in [0.4, 0.5) is 0 Å². The summed E-state index contributed by atoms with van der Waals surface area (Å²) >= 11 is 0. The lowest BCUT2D eigenvalue weighted by atomic mass is 10.1. The molecule has 18 heavy (non-hydrogen) atoms. The summed E-state index contributed by atoms with van der Waals surface area (Å²) in [5, 5.41) is 10.5. The molecule has 1 fully saturated rings. The average molecular weight is 244 g/mol. The van der Waals surface area contributed by atoms with Crippen molar-refractivity contribution in [3.8, 4) is 0 Å². The molecule has 1 saturated heterocycles. The first-order chi connectivity index (χ1) is 8.86. The number of hydrogen-bond donors (Lipinski definition) is 2. The second-order valence-electron chi connectivity index (χ2n) is 5.25. The highest BCUT2D eigenvalue weighted by Crippen LogP contribution is 2.20. The quantitative estimate of drug-likeness (QED) is 0.863. The molecule has 2 heterocycles. The van der Waals surface area contributed by atoms with Gasteiger partial charge in [0.15, 0.2) is 0 Å². The zero-order chi connectivity index (χ0) is 12.4. The first-order valence-electron chi connectivity index (χ1n) is 6.75. The van der Waals surface area contributed by atoms with Gasteiger partial charge in [-0.3, -0.25) is 0 Å². The van der Waals surface area contributed by atoms with Crippen LogP contribution >= 0.6 is 0 Å². The molecule has 1 aliphatic heterocycles. The van der Waals surface area contributed by atoms with Crippen molar-refractivity contribution in [2.45, 2.75) is 12.8 Å². The Labute approximate surface area is 107 Å². The number of benzene rings is 1. The zero-order valence-electron chi connectivity index (χ0n) is 10.6. The average Bonchev–Trinajstić information content (AvgIpc) is 3.03. The van der Waals surface area contributed by atoms with Crippen molar-refractivity contribution in [2.24, 2.45) is 5.92 Å². The molecule has 1 aliphatic rings. The molecule has 0 bridgehead atoms. The van der Waals surface area contributed by atoms with E-state index in [2.05, 4.69) is 40.3 Å². The monoisotopic (exact) mass is 244 g/mol. The molecule has 2 N–H and O–H groups in total. The number of hydrogen-bond acceptors (Lipinski definition) is 2. The van der Waals surface area contributed by atoms with Crippen molar-refractivity contribution in [1.82, 2.24) is 9.88 Å². The third kappa shape index (κ3) is 2.28. The highest BCUT2D eigenvalue weighted by Gasteiger charge is 2.21. The molecule has 0 radical (unpaired) electrons. The van der Waals surface area contributed by atoms with Crippen molar-refractivity contribution in [2.75, 3.05) is 26.2 Å². The smallest absolute Gasteiger partial charge is 0.0471 e. The zero-order valence-corrected chi connectivity index (χ0v) is 10.6. The molecule has 3 nitrogen and oxygen atoms in total. The van der Waals surface area contributed by atoms with E-state index < -0.39 is 0 Å². The van der Waals surface area contributed by atoms with E-state index >= 15 is 0 Å². The van der Waals surface area contributed by atoms with Crippen LogP contribution in [0.2, 0.25) is 0 Å². The maximum atomic E-state index is 9.15. The van der Waals surface area contributed by atoms with Crippen molar-refractivity contribution in [1.29, 1.82) is 0 Å². The van der Waals surface area contributed by atoms with Gasteiger partial charge in [0.05, 0.1) is 0 Å². The number of nitrogens with one attached hydrogen (secondary N) is 1. The van der Waals surface area contributed by atoms with Gasteiger partial charge in [-0.2, -0.15) is 0 Å². The normalized spacial score (nSPS) is 20.8. The number of rotatable bonds is 4. The minimum absolute atomic E-state index is 0.337. The number of H-pyrrole nitrogens is 1. The number of fused-ring (bicyclic) bond motifs is 1. The Morgan fingerprint density at radius 3 is 3.06 bits per heavy atom. The first kappa shape index (κ1) is 11.8. The summed E-state index contributed by atoms with van der Waals surface area (Å²) in [5.41, 5.74) is 2.63. The molecule has 0 saturated carbocycles. The number of nitrogens with zero attached hydrogens (tertiary/aromatic N) is 1. The molecule has 3 rings (SSSR count). The molecule has 0 aliphatic carbocycles. The number of likely N-dealkylation sites (tertiary alicyclic amines) is 1. The van der Waals surface area contributed by atoms with Crippen molar-refractivity contribution in [3.05, 3.63) is 36.0 Å². The van der Waals surface area contributed by atoms with Crippen LogP contribution in [-0.4, -0.2) is 41.2 Å². The van der Waals surface area contributed by atoms with Gasteiger partial charge in [-0.1, -0.05) is 18.2 Å². The van der Waals surface area contributed by atoms with Crippen molar-refractivity contribution >= 4 is 10.9 Å². The van der Waals surface area contributed by atoms with E-state index in [9.17, 15) is 0 Å². The van der Waals surface area contributed by atoms with Gasteiger partial charge < -0.3 is 15.0 Å². The Kier molecular flexibility index (Phi) is 3.35. The maximum absolute atomic E-state index is 9.15. The van der Waals surface area contributed by atoms with E-state index in [0.717, 1.165) is 32.5 Å². The van der Waals surface area contributed by atoms with Gasteiger partial charge in [0.1, 0.15) is 0 Å². The largest absolute Gasteiger partial charge is 0.396 e. The van der Waals surface area contributed by atoms with Gasteiger partial charge in [-0.25, -0.2) is 0 Å². The van der Waals surface area contributed by atoms with E-state index in [4.69, 9.17) is 5.11 Å². The van der Waals surface area contributed by atoms with Crippen LogP contribution in [-0.2, 0) is 6.42 Å². The predicted molar refractivity (Wildman–Crippen MR) is 73.6 cm³/mol. The van der Waals surface area contributed by atoms with Crippen LogP contribution in [0.5, 0.6) is 0 Å². The molecule has 2 aromatic rings. The summed E-state index contributed by atoms with van der Waals surface area (Å²) in [5.74, 6) is 0.493. The third-order valence-electron chi connectivity index (χ3n) is 4.00. The fourth-order valence-electron chi connectivity index (χ4n) is 2.88. The first-order valence-corrected chi connectivity index (χ1v) is 6.75. The lowest BCUT2D eigenvalue weighted by molar-refractivity contribution is 0.222. The molecule has 3 heteroatoms. The van der Waals surface area contributed by atoms with E-state index in [1.165, 1.54) is 16.5 Å². The minimum Gasteiger partial charge on any atom is -0.396 e. The lowest BCUT2D eigenvalue weighted by Crippen LogP contribution is -2.24. The van der Waals surface area contributed by atoms with E-state index in [1.807, 2.05) is 0 Å². The van der Waals surface area contributed by atoms with Gasteiger partial charge in [-0.15, -0.1) is 0 Å². The van der Waals surface area contributed by atoms with Crippen LogP contribution < -0.4 is 0 Å². The van der Waals surface area contributed by atoms with Crippen molar-refractivity contribution in [3.63, 3.8) is 0 Å². The number of aromatic nitrogens is 1. The van der Waals surface area contributed by atoms with E-state index in [-0.39, 0.29) is 0 Å².